The number of ether oxygens (including phenoxy) is 1. The van der Waals surface area contributed by atoms with Crippen LogP contribution in [0, 0.1) is 5.82 Å². The number of rotatable bonds is 3. The number of allylic oxidation sites excluding steroid dienone is 3. The first-order valence-corrected chi connectivity index (χ1v) is 6.34. The number of halogens is 2. The molecule has 1 aromatic rings. The zero-order valence-corrected chi connectivity index (χ0v) is 11.7. The van der Waals surface area contributed by atoms with Crippen LogP contribution in [0.5, 0.6) is 5.75 Å². The van der Waals surface area contributed by atoms with Crippen LogP contribution in [-0.2, 0) is 0 Å². The molecule has 0 N–H and O–H groups in total. The second kappa shape index (κ2) is 5.49. The number of methoxy groups -OCH3 is 1. The molecule has 0 saturated carbocycles. The zero-order chi connectivity index (χ0) is 14.0. The largest absolute Gasteiger partial charge is 0.497 e. The van der Waals surface area contributed by atoms with Gasteiger partial charge in [-0.15, -0.1) is 0 Å². The molecule has 0 amide bonds. The van der Waals surface area contributed by atoms with Crippen LogP contribution in [0.4, 0.5) is 4.39 Å². The Labute approximate surface area is 117 Å². The average molecular weight is 280 g/mol. The van der Waals surface area contributed by atoms with E-state index in [0.717, 1.165) is 5.70 Å². The van der Waals surface area contributed by atoms with Gasteiger partial charge in [-0.25, -0.2) is 4.39 Å². The highest BCUT2D eigenvalue weighted by Crippen LogP contribution is 2.33. The predicted octanol–water partition coefficient (Wildman–Crippen LogP) is 4.15. The topological polar surface area (TPSA) is 12.5 Å². The standard InChI is InChI=1S/C15H15ClFNO/c1-4-18-10(2)13(16)7-8-15(18)12-6-5-11(19-3)9-14(12)17/h5-9H,2,4H2,1,3H3. The monoisotopic (exact) mass is 279 g/mol. The van der Waals surface area contributed by atoms with Crippen LogP contribution in [0.3, 0.4) is 0 Å². The van der Waals surface area contributed by atoms with Crippen molar-refractivity contribution in [3.63, 3.8) is 0 Å². The van der Waals surface area contributed by atoms with E-state index >= 15 is 0 Å². The molecule has 1 aromatic carbocycles. The van der Waals surface area contributed by atoms with E-state index in [9.17, 15) is 4.39 Å². The molecule has 0 radical (unpaired) electrons. The van der Waals surface area contributed by atoms with Crippen LogP contribution >= 0.6 is 11.6 Å². The minimum absolute atomic E-state index is 0.330. The van der Waals surface area contributed by atoms with Crippen LogP contribution in [0.2, 0.25) is 0 Å². The number of benzene rings is 1. The Morgan fingerprint density at radius 1 is 1.37 bits per heavy atom. The molecular weight excluding hydrogens is 265 g/mol. The van der Waals surface area contributed by atoms with Gasteiger partial charge < -0.3 is 9.64 Å². The van der Waals surface area contributed by atoms with E-state index < -0.39 is 0 Å². The molecule has 0 saturated heterocycles. The molecule has 0 unspecified atom stereocenters. The molecule has 0 bridgehead atoms. The summed E-state index contributed by atoms with van der Waals surface area (Å²) >= 11 is 6.04. The van der Waals surface area contributed by atoms with Gasteiger partial charge in [0.15, 0.2) is 0 Å². The molecule has 100 valence electrons. The van der Waals surface area contributed by atoms with Crippen LogP contribution in [0.15, 0.2) is 47.7 Å². The van der Waals surface area contributed by atoms with E-state index in [0.29, 0.717) is 28.6 Å². The number of hydrogen-bond acceptors (Lipinski definition) is 2. The second-order valence-corrected chi connectivity index (χ2v) is 4.51. The fraction of sp³-hybridized carbons (Fsp3) is 0.200. The van der Waals surface area contributed by atoms with Crippen LogP contribution < -0.4 is 4.74 Å². The highest BCUT2D eigenvalue weighted by molar-refractivity contribution is 6.32. The van der Waals surface area contributed by atoms with Crippen molar-refractivity contribution < 1.29 is 9.13 Å². The van der Waals surface area contributed by atoms with Crippen molar-refractivity contribution in [2.75, 3.05) is 13.7 Å². The Morgan fingerprint density at radius 2 is 2.11 bits per heavy atom. The van der Waals surface area contributed by atoms with Gasteiger partial charge in [0.05, 0.1) is 23.5 Å². The summed E-state index contributed by atoms with van der Waals surface area (Å²) in [5.74, 6) is 0.163. The Kier molecular flexibility index (Phi) is 3.96. The number of hydrogen-bond donors (Lipinski definition) is 0. The lowest BCUT2D eigenvalue weighted by molar-refractivity contribution is 0.411. The molecule has 2 nitrogen and oxygen atoms in total. The van der Waals surface area contributed by atoms with E-state index in [1.807, 2.05) is 11.8 Å². The molecule has 1 aliphatic heterocycles. The van der Waals surface area contributed by atoms with E-state index in [4.69, 9.17) is 16.3 Å². The van der Waals surface area contributed by atoms with Crippen LogP contribution in [-0.4, -0.2) is 18.6 Å². The average Bonchev–Trinajstić information content (AvgIpc) is 2.42. The Morgan fingerprint density at radius 3 is 2.68 bits per heavy atom. The summed E-state index contributed by atoms with van der Waals surface area (Å²) < 4.78 is 19.1. The van der Waals surface area contributed by atoms with Crippen molar-refractivity contribution >= 4 is 17.3 Å². The summed E-state index contributed by atoms with van der Waals surface area (Å²) in [7, 11) is 1.51. The van der Waals surface area contributed by atoms with Gasteiger partial charge in [0.2, 0.25) is 0 Å². The van der Waals surface area contributed by atoms with Crippen molar-refractivity contribution in [3.8, 4) is 5.75 Å². The van der Waals surface area contributed by atoms with Crippen molar-refractivity contribution in [1.82, 2.24) is 4.90 Å². The minimum Gasteiger partial charge on any atom is -0.497 e. The van der Waals surface area contributed by atoms with Crippen molar-refractivity contribution in [2.45, 2.75) is 6.92 Å². The van der Waals surface area contributed by atoms with Gasteiger partial charge in [-0.2, -0.15) is 0 Å². The molecule has 1 aliphatic rings. The molecule has 0 aliphatic carbocycles. The van der Waals surface area contributed by atoms with Gasteiger partial charge in [0, 0.05) is 18.2 Å². The molecule has 0 fully saturated rings. The highest BCUT2D eigenvalue weighted by atomic mass is 35.5. The Bertz CT molecular complexity index is 578. The third kappa shape index (κ3) is 2.51. The lowest BCUT2D eigenvalue weighted by atomic mass is 10.1. The van der Waals surface area contributed by atoms with Crippen molar-refractivity contribution in [3.05, 3.63) is 59.0 Å². The normalized spacial score (nSPS) is 15.2. The first-order valence-electron chi connectivity index (χ1n) is 5.96. The lowest BCUT2D eigenvalue weighted by Crippen LogP contribution is -2.23. The Balaban J connectivity index is 2.48. The highest BCUT2D eigenvalue weighted by Gasteiger charge is 2.21. The number of nitrogens with zero attached hydrogens (tertiary/aromatic N) is 1. The maximum absolute atomic E-state index is 14.1. The van der Waals surface area contributed by atoms with Gasteiger partial charge in [0.1, 0.15) is 11.6 Å². The quantitative estimate of drug-likeness (QED) is 0.824. The fourth-order valence-corrected chi connectivity index (χ4v) is 2.20. The van der Waals surface area contributed by atoms with E-state index in [2.05, 4.69) is 6.58 Å². The summed E-state index contributed by atoms with van der Waals surface area (Å²) in [6, 6.07) is 4.80. The first-order chi connectivity index (χ1) is 9.08. The maximum atomic E-state index is 14.1. The van der Waals surface area contributed by atoms with Gasteiger partial charge >= 0.3 is 0 Å². The molecule has 4 heteroatoms. The summed E-state index contributed by atoms with van der Waals surface area (Å²) in [4.78, 5) is 1.88. The first kappa shape index (κ1) is 13.7. The summed E-state index contributed by atoms with van der Waals surface area (Å²) in [6.07, 6.45) is 3.53. The summed E-state index contributed by atoms with van der Waals surface area (Å²) in [6.45, 7) is 6.56. The SMILES string of the molecule is C=C1C(Cl)=CC=C(c2ccc(OC)cc2F)N1CC. The Hall–Kier alpha value is -1.74. The van der Waals surface area contributed by atoms with E-state index in [-0.39, 0.29) is 5.82 Å². The second-order valence-electron chi connectivity index (χ2n) is 4.10. The van der Waals surface area contributed by atoms with E-state index in [1.165, 1.54) is 13.2 Å². The van der Waals surface area contributed by atoms with Gasteiger partial charge in [-0.3, -0.25) is 0 Å². The molecule has 0 aromatic heterocycles. The third-order valence-electron chi connectivity index (χ3n) is 3.05. The van der Waals surface area contributed by atoms with E-state index in [1.54, 1.807) is 24.3 Å². The van der Waals surface area contributed by atoms with Crippen LogP contribution in [0.25, 0.3) is 5.70 Å². The smallest absolute Gasteiger partial charge is 0.136 e. The minimum atomic E-state index is -0.330. The van der Waals surface area contributed by atoms with Gasteiger partial charge in [-0.1, -0.05) is 18.2 Å². The number of likely N-dealkylation sites (N-methyl/N-ethyl adjacent to an activating group) is 1. The van der Waals surface area contributed by atoms with Crippen LogP contribution in [0.1, 0.15) is 12.5 Å². The zero-order valence-electron chi connectivity index (χ0n) is 10.9. The van der Waals surface area contributed by atoms with Gasteiger partial charge in [-0.05, 0) is 31.2 Å². The molecule has 0 atom stereocenters. The molecule has 0 spiro atoms. The molecule has 1 heterocycles. The molecular formula is C15H15ClFNO. The lowest BCUT2D eigenvalue weighted by Gasteiger charge is -2.30. The summed E-state index contributed by atoms with van der Waals surface area (Å²) in [5, 5.41) is 0.569. The summed E-state index contributed by atoms with van der Waals surface area (Å²) in [5.41, 5.74) is 1.93. The molecule has 2 rings (SSSR count). The fourth-order valence-electron chi connectivity index (χ4n) is 2.04. The van der Waals surface area contributed by atoms with Crippen molar-refractivity contribution in [2.24, 2.45) is 0 Å². The van der Waals surface area contributed by atoms with Gasteiger partial charge in [0.25, 0.3) is 0 Å². The maximum Gasteiger partial charge on any atom is 0.136 e. The predicted molar refractivity (Wildman–Crippen MR) is 76.4 cm³/mol. The third-order valence-corrected chi connectivity index (χ3v) is 3.39. The molecule has 19 heavy (non-hydrogen) atoms. The van der Waals surface area contributed by atoms with Crippen molar-refractivity contribution in [1.29, 1.82) is 0 Å².